The number of carbonyl (C=O) groups is 3. The average Bonchev–Trinajstić information content (AvgIpc) is 3.41. The van der Waals surface area contributed by atoms with E-state index in [-0.39, 0.29) is 31.1 Å². The normalized spacial score (nSPS) is 12.2. The minimum atomic E-state index is -0.776. The zero-order valence-electron chi connectivity index (χ0n) is 50.6. The molecule has 440 valence electrons. The number of rotatable bonds is 62. The van der Waals surface area contributed by atoms with Gasteiger partial charge in [-0.3, -0.25) is 14.4 Å². The maximum atomic E-state index is 12.9. The van der Waals surface area contributed by atoms with E-state index in [0.717, 1.165) is 70.6 Å². The van der Waals surface area contributed by atoms with Gasteiger partial charge in [-0.25, -0.2) is 0 Å². The molecule has 0 aliphatic heterocycles. The first-order valence-electron chi connectivity index (χ1n) is 33.5. The molecule has 0 aliphatic carbocycles. The highest BCUT2D eigenvalue weighted by Gasteiger charge is 2.19. The molecule has 6 heteroatoms. The van der Waals surface area contributed by atoms with Gasteiger partial charge in [0, 0.05) is 19.3 Å². The van der Waals surface area contributed by atoms with E-state index >= 15 is 0 Å². The molecule has 0 saturated heterocycles. The third kappa shape index (κ3) is 62.4. The van der Waals surface area contributed by atoms with Gasteiger partial charge in [0.25, 0.3) is 0 Å². The van der Waals surface area contributed by atoms with E-state index in [2.05, 4.69) is 57.2 Å². The number of unbranched alkanes of at least 4 members (excludes halogenated alkanes) is 45. The fraction of sp³-hybridized carbons (Fsp3) is 0.870. The first kappa shape index (κ1) is 72.6. The molecule has 0 heterocycles. The molecule has 1 atom stereocenters. The summed E-state index contributed by atoms with van der Waals surface area (Å²) >= 11 is 0. The van der Waals surface area contributed by atoms with Crippen LogP contribution in [0.5, 0.6) is 0 Å². The zero-order chi connectivity index (χ0) is 54.3. The summed E-state index contributed by atoms with van der Waals surface area (Å²) < 4.78 is 16.9. The van der Waals surface area contributed by atoms with Crippen molar-refractivity contribution in [3.63, 3.8) is 0 Å². The summed E-state index contributed by atoms with van der Waals surface area (Å²) in [7, 11) is 0. The monoisotopic (exact) mass is 1050 g/mol. The largest absolute Gasteiger partial charge is 0.462 e. The highest BCUT2D eigenvalue weighted by molar-refractivity contribution is 5.71. The Kier molecular flexibility index (Phi) is 62.1. The van der Waals surface area contributed by atoms with Crippen molar-refractivity contribution in [1.82, 2.24) is 0 Å². The lowest BCUT2D eigenvalue weighted by Gasteiger charge is -2.18. The third-order valence-electron chi connectivity index (χ3n) is 15.1. The number of ether oxygens (including phenoxy) is 3. The second-order valence-electron chi connectivity index (χ2n) is 22.7. The summed E-state index contributed by atoms with van der Waals surface area (Å²) in [6.07, 6.45) is 78.8. The second kappa shape index (κ2) is 64.2. The number of allylic oxidation sites excluding steroid dienone is 6. The van der Waals surface area contributed by atoms with E-state index in [1.54, 1.807) is 0 Å². The zero-order valence-corrected chi connectivity index (χ0v) is 50.6. The van der Waals surface area contributed by atoms with Crippen molar-refractivity contribution in [2.45, 2.75) is 374 Å². The minimum Gasteiger partial charge on any atom is -0.462 e. The summed E-state index contributed by atoms with van der Waals surface area (Å²) in [5, 5.41) is 0. The Labute approximate surface area is 467 Å². The fourth-order valence-corrected chi connectivity index (χ4v) is 10.0. The smallest absolute Gasteiger partial charge is 0.306 e. The van der Waals surface area contributed by atoms with E-state index in [9.17, 15) is 14.4 Å². The van der Waals surface area contributed by atoms with Gasteiger partial charge >= 0.3 is 17.9 Å². The quantitative estimate of drug-likeness (QED) is 0.0261. The predicted molar refractivity (Wildman–Crippen MR) is 326 cm³/mol. The second-order valence-corrected chi connectivity index (χ2v) is 22.7. The number of carbonyl (C=O) groups excluding carboxylic acids is 3. The highest BCUT2D eigenvalue weighted by atomic mass is 16.6. The van der Waals surface area contributed by atoms with Crippen LogP contribution in [-0.2, 0) is 28.6 Å². The molecule has 6 nitrogen and oxygen atoms in total. The third-order valence-corrected chi connectivity index (χ3v) is 15.1. The van der Waals surface area contributed by atoms with Crippen LogP contribution in [0.25, 0.3) is 0 Å². The summed E-state index contributed by atoms with van der Waals surface area (Å²) in [6.45, 7) is 6.64. The van der Waals surface area contributed by atoms with E-state index in [0.29, 0.717) is 19.3 Å². The van der Waals surface area contributed by atoms with E-state index < -0.39 is 6.10 Å². The van der Waals surface area contributed by atoms with Gasteiger partial charge in [-0.2, -0.15) is 0 Å². The summed E-state index contributed by atoms with van der Waals surface area (Å²) in [5.74, 6) is -0.863. The van der Waals surface area contributed by atoms with Gasteiger partial charge in [-0.05, 0) is 70.6 Å². The SMILES string of the molecule is CCCC/C=C\CCCCCCCC(=O)OCC(COC(=O)CCCCCCCCCCCCCCCCCCCCCCCCCCC)OC(=O)CCCCCCCCCCC/C=C\C/C=C\CCCCCCC. The highest BCUT2D eigenvalue weighted by Crippen LogP contribution is 2.18. The lowest BCUT2D eigenvalue weighted by Crippen LogP contribution is -2.30. The molecule has 0 aliphatic rings. The summed E-state index contributed by atoms with van der Waals surface area (Å²) in [5.41, 5.74) is 0. The van der Waals surface area contributed by atoms with Crippen molar-refractivity contribution in [1.29, 1.82) is 0 Å². The topological polar surface area (TPSA) is 78.9 Å². The average molecular weight is 1050 g/mol. The van der Waals surface area contributed by atoms with Crippen LogP contribution in [0.3, 0.4) is 0 Å². The van der Waals surface area contributed by atoms with Crippen molar-refractivity contribution >= 4 is 17.9 Å². The molecule has 0 bridgehead atoms. The standard InChI is InChI=1S/C69H128O6/c1-4-7-10-13-16-19-22-24-26-28-30-32-33-34-35-37-38-40-42-44-47-50-53-56-59-62-68(71)74-65-66(64-73-67(70)61-58-55-52-49-46-21-18-15-12-9-6-3)75-69(72)63-60-57-54-51-48-45-43-41-39-36-31-29-27-25-23-20-17-14-11-8-5-2/h15,18,23,25,29,31,66H,4-14,16-17,19-22,24,26-28,30,32-65H2,1-3H3/b18-15-,25-23-,31-29-. The Hall–Kier alpha value is -2.37. The van der Waals surface area contributed by atoms with Crippen LogP contribution < -0.4 is 0 Å². The molecule has 0 aromatic rings. The van der Waals surface area contributed by atoms with Gasteiger partial charge in [0.05, 0.1) is 0 Å². The molecular weight excluding hydrogens is 925 g/mol. The van der Waals surface area contributed by atoms with E-state index in [1.165, 1.54) is 257 Å². The molecule has 0 spiro atoms. The van der Waals surface area contributed by atoms with E-state index in [1.807, 2.05) is 0 Å². The van der Waals surface area contributed by atoms with Crippen molar-refractivity contribution in [3.05, 3.63) is 36.5 Å². The predicted octanol–water partition coefficient (Wildman–Crippen LogP) is 22.8. The molecule has 0 amide bonds. The molecule has 0 aromatic heterocycles. The summed E-state index contributed by atoms with van der Waals surface area (Å²) in [6, 6.07) is 0. The number of hydrogen-bond acceptors (Lipinski definition) is 6. The Morgan fingerprint density at radius 2 is 0.493 bits per heavy atom. The molecule has 1 unspecified atom stereocenters. The maximum Gasteiger partial charge on any atom is 0.306 e. The van der Waals surface area contributed by atoms with Crippen LogP contribution in [0, 0.1) is 0 Å². The van der Waals surface area contributed by atoms with E-state index in [4.69, 9.17) is 14.2 Å². The molecule has 0 rings (SSSR count). The fourth-order valence-electron chi connectivity index (χ4n) is 10.0. The van der Waals surface area contributed by atoms with Crippen molar-refractivity contribution in [2.75, 3.05) is 13.2 Å². The Balaban J connectivity index is 4.20. The molecular formula is C69H128O6. The lowest BCUT2D eigenvalue weighted by molar-refractivity contribution is -0.167. The van der Waals surface area contributed by atoms with Crippen molar-refractivity contribution in [2.24, 2.45) is 0 Å². The number of hydrogen-bond donors (Lipinski definition) is 0. The lowest BCUT2D eigenvalue weighted by atomic mass is 10.0. The van der Waals surface area contributed by atoms with Crippen molar-refractivity contribution in [3.8, 4) is 0 Å². The van der Waals surface area contributed by atoms with Gasteiger partial charge in [0.1, 0.15) is 13.2 Å². The van der Waals surface area contributed by atoms with Gasteiger partial charge in [-0.15, -0.1) is 0 Å². The van der Waals surface area contributed by atoms with Crippen LogP contribution in [-0.4, -0.2) is 37.2 Å². The molecule has 75 heavy (non-hydrogen) atoms. The molecule has 0 aromatic carbocycles. The van der Waals surface area contributed by atoms with Gasteiger partial charge in [-0.1, -0.05) is 314 Å². The molecule has 0 fully saturated rings. The molecule has 0 saturated carbocycles. The Morgan fingerprint density at radius 1 is 0.267 bits per heavy atom. The van der Waals surface area contributed by atoms with Gasteiger partial charge < -0.3 is 14.2 Å². The van der Waals surface area contributed by atoms with Gasteiger partial charge in [0.15, 0.2) is 6.10 Å². The number of esters is 3. The van der Waals surface area contributed by atoms with Crippen LogP contribution >= 0.6 is 0 Å². The first-order valence-corrected chi connectivity index (χ1v) is 33.5. The Bertz CT molecular complexity index is 1250. The van der Waals surface area contributed by atoms with Crippen molar-refractivity contribution < 1.29 is 28.6 Å². The van der Waals surface area contributed by atoms with Crippen LogP contribution in [0.2, 0.25) is 0 Å². The molecule has 0 N–H and O–H groups in total. The summed E-state index contributed by atoms with van der Waals surface area (Å²) in [4.78, 5) is 38.3. The van der Waals surface area contributed by atoms with Crippen LogP contribution in [0.15, 0.2) is 36.5 Å². The van der Waals surface area contributed by atoms with Crippen LogP contribution in [0.4, 0.5) is 0 Å². The molecule has 0 radical (unpaired) electrons. The first-order chi connectivity index (χ1) is 37.0. The maximum absolute atomic E-state index is 12.9. The Morgan fingerprint density at radius 3 is 0.787 bits per heavy atom. The minimum absolute atomic E-state index is 0.0723. The van der Waals surface area contributed by atoms with Gasteiger partial charge in [0.2, 0.25) is 0 Å². The van der Waals surface area contributed by atoms with Crippen LogP contribution in [0.1, 0.15) is 367 Å².